The fourth-order valence-electron chi connectivity index (χ4n) is 2.31. The molecule has 6 heteroatoms. The molecule has 1 amide bonds. The van der Waals surface area contributed by atoms with Crippen LogP contribution >= 0.6 is 0 Å². The van der Waals surface area contributed by atoms with E-state index in [0.29, 0.717) is 19.5 Å². The van der Waals surface area contributed by atoms with Crippen LogP contribution in [-0.4, -0.2) is 51.1 Å². The molecule has 0 saturated heterocycles. The summed E-state index contributed by atoms with van der Waals surface area (Å²) in [5, 5.41) is 20.8. The topological polar surface area (TPSA) is 76.0 Å². The van der Waals surface area contributed by atoms with Gasteiger partial charge >= 0.3 is 6.09 Å². The van der Waals surface area contributed by atoms with Gasteiger partial charge in [-0.3, -0.25) is 0 Å². The normalized spacial score (nSPS) is 25.3. The molecule has 1 atom stereocenters. The third-order valence-corrected chi connectivity index (χ3v) is 3.16. The molecule has 3 N–H and O–H groups in total. The Hall–Kier alpha value is -1.27. The smallest absolute Gasteiger partial charge is 0.407 e. The molecule has 2 heterocycles. The molecule has 2 rings (SSSR count). The second-order valence-electron chi connectivity index (χ2n) is 5.46. The first-order chi connectivity index (χ1) is 7.80. The van der Waals surface area contributed by atoms with E-state index in [1.54, 1.807) is 0 Å². The molecule has 0 aromatic heterocycles. The van der Waals surface area contributed by atoms with Crippen molar-refractivity contribution in [1.29, 1.82) is 0 Å². The van der Waals surface area contributed by atoms with Gasteiger partial charge in [-0.2, -0.15) is 0 Å². The summed E-state index contributed by atoms with van der Waals surface area (Å²) >= 11 is 0. The van der Waals surface area contributed by atoms with E-state index in [9.17, 15) is 9.90 Å². The summed E-state index contributed by atoms with van der Waals surface area (Å²) in [7, 11) is 0. The van der Waals surface area contributed by atoms with Crippen molar-refractivity contribution >= 4 is 6.09 Å². The molecule has 96 valence electrons. The molecule has 0 aliphatic carbocycles. The molecule has 0 aromatic rings. The zero-order valence-electron chi connectivity index (χ0n) is 10.4. The maximum Gasteiger partial charge on any atom is 0.407 e. The van der Waals surface area contributed by atoms with Crippen LogP contribution in [-0.2, 0) is 0 Å². The van der Waals surface area contributed by atoms with E-state index in [-0.39, 0.29) is 5.54 Å². The lowest BCUT2D eigenvalue weighted by Gasteiger charge is -2.38. The van der Waals surface area contributed by atoms with E-state index in [0.717, 1.165) is 11.3 Å². The van der Waals surface area contributed by atoms with Gasteiger partial charge in [-0.1, -0.05) is 0 Å². The molecular formula is C11H19N3O3. The highest BCUT2D eigenvalue weighted by atomic mass is 16.4. The molecule has 0 fully saturated rings. The molecule has 2 aliphatic rings. The highest BCUT2D eigenvalue weighted by Crippen LogP contribution is 2.32. The summed E-state index contributed by atoms with van der Waals surface area (Å²) in [5.41, 5.74) is 4.60. The number of hydrazine groups is 1. The number of carboxylic acid groups (broad SMARTS) is 1. The van der Waals surface area contributed by atoms with Crippen molar-refractivity contribution in [3.8, 4) is 0 Å². The van der Waals surface area contributed by atoms with Crippen molar-refractivity contribution in [3.05, 3.63) is 11.3 Å². The number of amides is 1. The van der Waals surface area contributed by atoms with Gasteiger partial charge in [0.1, 0.15) is 6.23 Å². The summed E-state index contributed by atoms with van der Waals surface area (Å²) < 4.78 is 0. The van der Waals surface area contributed by atoms with Crippen LogP contribution in [0.4, 0.5) is 4.79 Å². The van der Waals surface area contributed by atoms with Gasteiger partial charge in [-0.15, -0.1) is 0 Å². The standard InChI is InChI=1S/C11H19N3O3/c1-11(2,3)14-8-6-13(10(16)17)5-4-7(8)9(15)12-14/h9,12,15H,4-6H2,1-3H3,(H,16,17). The molecule has 17 heavy (non-hydrogen) atoms. The Morgan fingerprint density at radius 3 is 2.65 bits per heavy atom. The van der Waals surface area contributed by atoms with Crippen molar-refractivity contribution in [3.63, 3.8) is 0 Å². The molecule has 0 spiro atoms. The van der Waals surface area contributed by atoms with Gasteiger partial charge in [0.25, 0.3) is 0 Å². The summed E-state index contributed by atoms with van der Waals surface area (Å²) in [4.78, 5) is 12.4. The lowest BCUT2D eigenvalue weighted by Crippen LogP contribution is -2.50. The zero-order chi connectivity index (χ0) is 12.8. The van der Waals surface area contributed by atoms with Gasteiger partial charge in [0.05, 0.1) is 12.2 Å². The molecular weight excluding hydrogens is 222 g/mol. The summed E-state index contributed by atoms with van der Waals surface area (Å²) in [6.45, 7) is 6.84. The molecule has 6 nitrogen and oxygen atoms in total. The Balaban J connectivity index is 2.27. The highest BCUT2D eigenvalue weighted by Gasteiger charge is 2.39. The Kier molecular flexibility index (Phi) is 2.79. The van der Waals surface area contributed by atoms with Gasteiger partial charge < -0.3 is 20.1 Å². The van der Waals surface area contributed by atoms with Crippen LogP contribution in [0.15, 0.2) is 11.3 Å². The number of hydrogen-bond acceptors (Lipinski definition) is 4. The third kappa shape index (κ3) is 2.10. The Morgan fingerprint density at radius 1 is 1.47 bits per heavy atom. The predicted molar refractivity (Wildman–Crippen MR) is 62.0 cm³/mol. The number of nitrogens with zero attached hydrogens (tertiary/aromatic N) is 2. The van der Waals surface area contributed by atoms with Crippen molar-refractivity contribution < 1.29 is 15.0 Å². The van der Waals surface area contributed by atoms with E-state index in [1.807, 2.05) is 25.8 Å². The Morgan fingerprint density at radius 2 is 2.12 bits per heavy atom. The third-order valence-electron chi connectivity index (χ3n) is 3.16. The number of carbonyl (C=O) groups is 1. The first-order valence-electron chi connectivity index (χ1n) is 5.75. The summed E-state index contributed by atoms with van der Waals surface area (Å²) in [6, 6.07) is 0. The molecule has 1 unspecified atom stereocenters. The second-order valence-corrected chi connectivity index (χ2v) is 5.46. The minimum atomic E-state index is -0.910. The molecule has 2 aliphatic heterocycles. The van der Waals surface area contributed by atoms with Crippen LogP contribution < -0.4 is 5.43 Å². The number of rotatable bonds is 0. The summed E-state index contributed by atoms with van der Waals surface area (Å²) in [6.07, 6.45) is -1.01. The SMILES string of the molecule is CC(C)(C)N1NC(O)C2=C1CN(C(=O)O)CC2. The molecule has 0 aromatic carbocycles. The number of hydrogen-bond donors (Lipinski definition) is 3. The fraction of sp³-hybridized carbons (Fsp3) is 0.727. The number of nitrogens with one attached hydrogen (secondary N) is 1. The van der Waals surface area contributed by atoms with E-state index in [4.69, 9.17) is 5.11 Å². The van der Waals surface area contributed by atoms with Crippen molar-refractivity contribution in [2.75, 3.05) is 13.1 Å². The zero-order valence-corrected chi connectivity index (χ0v) is 10.4. The maximum absolute atomic E-state index is 11.0. The van der Waals surface area contributed by atoms with E-state index in [2.05, 4.69) is 5.43 Å². The van der Waals surface area contributed by atoms with Crippen LogP contribution in [0.5, 0.6) is 0 Å². The minimum absolute atomic E-state index is 0.195. The van der Waals surface area contributed by atoms with Gasteiger partial charge in [-0.25, -0.2) is 10.2 Å². The van der Waals surface area contributed by atoms with Crippen molar-refractivity contribution in [2.24, 2.45) is 0 Å². The van der Waals surface area contributed by atoms with E-state index < -0.39 is 12.3 Å². The van der Waals surface area contributed by atoms with Gasteiger partial charge in [0.2, 0.25) is 0 Å². The lowest BCUT2D eigenvalue weighted by atomic mass is 10.0. The molecule has 0 radical (unpaired) electrons. The average molecular weight is 241 g/mol. The predicted octanol–water partition coefficient (Wildman–Crippen LogP) is 0.561. The first-order valence-corrected chi connectivity index (χ1v) is 5.75. The molecule has 0 bridgehead atoms. The summed E-state index contributed by atoms with van der Waals surface area (Å²) in [5.74, 6) is 0. The van der Waals surface area contributed by atoms with Crippen molar-refractivity contribution in [2.45, 2.75) is 39.0 Å². The van der Waals surface area contributed by atoms with Crippen LogP contribution in [0.2, 0.25) is 0 Å². The fourth-order valence-corrected chi connectivity index (χ4v) is 2.31. The quantitative estimate of drug-likeness (QED) is 0.578. The van der Waals surface area contributed by atoms with Crippen LogP contribution in [0.3, 0.4) is 0 Å². The second kappa shape index (κ2) is 3.89. The van der Waals surface area contributed by atoms with Gasteiger partial charge in [0, 0.05) is 12.1 Å². The number of aliphatic hydroxyl groups excluding tert-OH is 1. The average Bonchev–Trinajstić information content (AvgIpc) is 2.55. The first kappa shape index (κ1) is 12.2. The number of aliphatic hydroxyl groups is 1. The molecule has 0 saturated carbocycles. The van der Waals surface area contributed by atoms with Crippen molar-refractivity contribution in [1.82, 2.24) is 15.3 Å². The van der Waals surface area contributed by atoms with Gasteiger partial charge in [-0.05, 0) is 32.8 Å². The van der Waals surface area contributed by atoms with Crippen LogP contribution in [0.1, 0.15) is 27.2 Å². The largest absolute Gasteiger partial charge is 0.465 e. The Bertz CT molecular complexity index is 373. The van der Waals surface area contributed by atoms with E-state index >= 15 is 0 Å². The van der Waals surface area contributed by atoms with Crippen LogP contribution in [0, 0.1) is 0 Å². The van der Waals surface area contributed by atoms with E-state index in [1.165, 1.54) is 4.90 Å². The monoisotopic (exact) mass is 241 g/mol. The van der Waals surface area contributed by atoms with Gasteiger partial charge in [0.15, 0.2) is 0 Å². The Labute approximate surface area is 100 Å². The lowest BCUT2D eigenvalue weighted by molar-refractivity contribution is 0.0529. The maximum atomic E-state index is 11.0. The van der Waals surface area contributed by atoms with Crippen LogP contribution in [0.25, 0.3) is 0 Å². The highest BCUT2D eigenvalue weighted by molar-refractivity contribution is 5.66. The minimum Gasteiger partial charge on any atom is -0.465 e.